The second kappa shape index (κ2) is 6.43. The predicted molar refractivity (Wildman–Crippen MR) is 97.2 cm³/mol. The van der Waals surface area contributed by atoms with Crippen LogP contribution in [0.25, 0.3) is 0 Å². The number of rotatable bonds is 4. The Hall–Kier alpha value is -1.08. The van der Waals surface area contributed by atoms with Gasteiger partial charge >= 0.3 is 0 Å². The molecule has 1 unspecified atom stereocenters. The first-order chi connectivity index (χ1) is 10.9. The fourth-order valence-electron chi connectivity index (χ4n) is 5.45. The van der Waals surface area contributed by atoms with Gasteiger partial charge in [-0.25, -0.2) is 0 Å². The van der Waals surface area contributed by atoms with Crippen molar-refractivity contribution >= 4 is 0 Å². The van der Waals surface area contributed by atoms with E-state index < -0.39 is 0 Å². The number of benzene rings is 1. The van der Waals surface area contributed by atoms with Gasteiger partial charge in [-0.3, -0.25) is 0 Å². The molecule has 0 N–H and O–H groups in total. The van der Waals surface area contributed by atoms with Crippen LogP contribution in [-0.4, -0.2) is 6.61 Å². The minimum absolute atomic E-state index is 0.369. The van der Waals surface area contributed by atoms with Crippen LogP contribution in [-0.2, 0) is 11.3 Å². The fourth-order valence-corrected chi connectivity index (χ4v) is 5.45. The van der Waals surface area contributed by atoms with E-state index >= 15 is 0 Å². The van der Waals surface area contributed by atoms with Crippen molar-refractivity contribution in [2.45, 2.75) is 59.5 Å². The van der Waals surface area contributed by atoms with Gasteiger partial charge < -0.3 is 4.74 Å². The molecule has 2 aliphatic rings. The van der Waals surface area contributed by atoms with Gasteiger partial charge in [-0.2, -0.15) is 0 Å². The third-order valence-electron chi connectivity index (χ3n) is 6.71. The Morgan fingerprint density at radius 3 is 2.61 bits per heavy atom. The maximum absolute atomic E-state index is 6.15. The summed E-state index contributed by atoms with van der Waals surface area (Å²) in [5.74, 6) is 1.32. The van der Waals surface area contributed by atoms with Crippen LogP contribution in [0.3, 0.4) is 0 Å². The number of hydrogen-bond donors (Lipinski definition) is 0. The van der Waals surface area contributed by atoms with Crippen molar-refractivity contribution in [2.24, 2.45) is 22.7 Å². The minimum Gasteiger partial charge on any atom is -0.376 e. The zero-order valence-electron chi connectivity index (χ0n) is 15.1. The molecular formula is C22H32O. The van der Waals surface area contributed by atoms with Gasteiger partial charge in [-0.05, 0) is 48.0 Å². The van der Waals surface area contributed by atoms with E-state index in [-0.39, 0.29) is 0 Å². The molecule has 0 amide bonds. The molecule has 2 saturated carbocycles. The van der Waals surface area contributed by atoms with E-state index in [0.29, 0.717) is 16.7 Å². The van der Waals surface area contributed by atoms with Crippen LogP contribution in [0.15, 0.2) is 42.5 Å². The summed E-state index contributed by atoms with van der Waals surface area (Å²) < 4.78 is 6.15. The average Bonchev–Trinajstić information content (AvgIpc) is 2.50. The Morgan fingerprint density at radius 2 is 1.87 bits per heavy atom. The van der Waals surface area contributed by atoms with Gasteiger partial charge in [-0.1, -0.05) is 69.7 Å². The molecule has 1 aromatic carbocycles. The largest absolute Gasteiger partial charge is 0.376 e. The molecule has 0 aliphatic heterocycles. The van der Waals surface area contributed by atoms with Gasteiger partial charge in [0.05, 0.1) is 13.2 Å². The van der Waals surface area contributed by atoms with Gasteiger partial charge in [-0.15, -0.1) is 0 Å². The molecular weight excluding hydrogens is 280 g/mol. The monoisotopic (exact) mass is 312 g/mol. The molecule has 2 fully saturated rings. The number of ether oxygens (including phenoxy) is 1. The van der Waals surface area contributed by atoms with E-state index in [1.807, 2.05) is 0 Å². The Labute approximate surface area is 142 Å². The van der Waals surface area contributed by atoms with E-state index in [0.717, 1.165) is 19.1 Å². The maximum atomic E-state index is 6.15. The molecule has 23 heavy (non-hydrogen) atoms. The van der Waals surface area contributed by atoms with Gasteiger partial charge in [0.25, 0.3) is 0 Å². The molecule has 3 atom stereocenters. The van der Waals surface area contributed by atoms with Crippen molar-refractivity contribution in [1.82, 2.24) is 0 Å². The first-order valence-electron chi connectivity index (χ1n) is 9.23. The molecule has 3 rings (SSSR count). The normalized spacial score (nSPS) is 33.3. The lowest BCUT2D eigenvalue weighted by atomic mass is 9.48. The van der Waals surface area contributed by atoms with E-state index in [9.17, 15) is 0 Å². The molecule has 0 radical (unpaired) electrons. The first kappa shape index (κ1) is 16.8. The highest BCUT2D eigenvalue weighted by atomic mass is 16.5. The summed E-state index contributed by atoms with van der Waals surface area (Å²) in [7, 11) is 0. The number of fused-ring (bicyclic) bond motifs is 1. The summed E-state index contributed by atoms with van der Waals surface area (Å²) in [6, 6.07) is 10.5. The van der Waals surface area contributed by atoms with E-state index in [1.165, 1.54) is 43.2 Å². The highest BCUT2D eigenvalue weighted by Crippen LogP contribution is 2.60. The molecule has 0 saturated heterocycles. The third-order valence-corrected chi connectivity index (χ3v) is 6.71. The van der Waals surface area contributed by atoms with Crippen LogP contribution in [0.1, 0.15) is 58.4 Å². The van der Waals surface area contributed by atoms with Crippen LogP contribution in [0.4, 0.5) is 0 Å². The molecule has 0 spiro atoms. The SMILES string of the molecule is C=C1CC[C@@H]2C(C)(C)CCC[C@@]2(C)C1COCc1ccccc1. The highest BCUT2D eigenvalue weighted by Gasteiger charge is 2.52. The second-order valence-corrected chi connectivity index (χ2v) is 8.65. The molecule has 1 heteroatoms. The van der Waals surface area contributed by atoms with Crippen LogP contribution < -0.4 is 0 Å². The first-order valence-corrected chi connectivity index (χ1v) is 9.23. The van der Waals surface area contributed by atoms with Crippen molar-refractivity contribution in [3.05, 3.63) is 48.0 Å². The van der Waals surface area contributed by atoms with E-state index in [2.05, 4.69) is 57.7 Å². The van der Waals surface area contributed by atoms with Crippen molar-refractivity contribution in [3.63, 3.8) is 0 Å². The lowest BCUT2D eigenvalue weighted by molar-refractivity contribution is -0.0770. The third kappa shape index (κ3) is 3.26. The molecule has 126 valence electrons. The molecule has 1 nitrogen and oxygen atoms in total. The van der Waals surface area contributed by atoms with Gasteiger partial charge in [0.15, 0.2) is 0 Å². The van der Waals surface area contributed by atoms with E-state index in [4.69, 9.17) is 4.74 Å². The Balaban J connectivity index is 1.70. The lowest BCUT2D eigenvalue weighted by Crippen LogP contribution is -2.50. The quantitative estimate of drug-likeness (QED) is 0.619. The summed E-state index contributed by atoms with van der Waals surface area (Å²) in [6.07, 6.45) is 6.56. The summed E-state index contributed by atoms with van der Waals surface area (Å²) in [6.45, 7) is 13.4. The summed E-state index contributed by atoms with van der Waals surface area (Å²) in [5, 5.41) is 0. The van der Waals surface area contributed by atoms with Crippen molar-refractivity contribution in [2.75, 3.05) is 6.61 Å². The Morgan fingerprint density at radius 1 is 1.13 bits per heavy atom. The summed E-state index contributed by atoms with van der Waals surface area (Å²) >= 11 is 0. The highest BCUT2D eigenvalue weighted by molar-refractivity contribution is 5.16. The van der Waals surface area contributed by atoms with Crippen molar-refractivity contribution in [1.29, 1.82) is 0 Å². The summed E-state index contributed by atoms with van der Waals surface area (Å²) in [5.41, 5.74) is 3.52. The van der Waals surface area contributed by atoms with Gasteiger partial charge in [0.1, 0.15) is 0 Å². The van der Waals surface area contributed by atoms with Gasteiger partial charge in [0.2, 0.25) is 0 Å². The molecule has 0 aromatic heterocycles. The van der Waals surface area contributed by atoms with Crippen LogP contribution >= 0.6 is 0 Å². The predicted octanol–water partition coefficient (Wildman–Crippen LogP) is 6.00. The second-order valence-electron chi connectivity index (χ2n) is 8.65. The molecule has 2 aliphatic carbocycles. The zero-order valence-corrected chi connectivity index (χ0v) is 15.1. The smallest absolute Gasteiger partial charge is 0.0717 e. The van der Waals surface area contributed by atoms with Crippen LogP contribution in [0.5, 0.6) is 0 Å². The van der Waals surface area contributed by atoms with Crippen LogP contribution in [0, 0.1) is 22.7 Å². The lowest BCUT2D eigenvalue weighted by Gasteiger charge is -2.57. The standard InChI is InChI=1S/C22H32O/c1-17-11-12-20-21(2,3)13-8-14-22(20,4)19(17)16-23-15-18-9-6-5-7-10-18/h5-7,9-10,19-20H,1,8,11-16H2,2-4H3/t19?,20-,22+/m1/s1. The number of hydrogen-bond acceptors (Lipinski definition) is 1. The summed E-state index contributed by atoms with van der Waals surface area (Å²) in [4.78, 5) is 0. The topological polar surface area (TPSA) is 9.23 Å². The molecule has 1 aromatic rings. The zero-order chi connectivity index (χ0) is 16.5. The average molecular weight is 312 g/mol. The van der Waals surface area contributed by atoms with Gasteiger partial charge in [0, 0.05) is 5.92 Å². The fraction of sp³-hybridized carbons (Fsp3) is 0.636. The molecule has 0 heterocycles. The minimum atomic E-state index is 0.369. The van der Waals surface area contributed by atoms with E-state index in [1.54, 1.807) is 0 Å². The molecule has 0 bridgehead atoms. The maximum Gasteiger partial charge on any atom is 0.0717 e. The van der Waals surface area contributed by atoms with Crippen LogP contribution in [0.2, 0.25) is 0 Å². The Kier molecular flexibility index (Phi) is 4.69. The van der Waals surface area contributed by atoms with Crippen molar-refractivity contribution in [3.8, 4) is 0 Å². The van der Waals surface area contributed by atoms with Crippen molar-refractivity contribution < 1.29 is 4.74 Å². The Bertz CT molecular complexity index is 544.